The van der Waals surface area contributed by atoms with Gasteiger partial charge < -0.3 is 0 Å². The average Bonchev–Trinajstić information content (AvgIpc) is 2.91. The van der Waals surface area contributed by atoms with Gasteiger partial charge in [-0.05, 0) is 63.0 Å². The van der Waals surface area contributed by atoms with E-state index in [1.165, 1.54) is 12.8 Å². The standard InChI is InChI=1S/C9H7Br2N3S2/c10-6-3-5(7(11)16-6)8-12-13-9(15)14(8)4-1-2-4/h3-4H,1-2H2,(H,13,15). The Balaban J connectivity index is 2.19. The molecule has 0 unspecified atom stereocenters. The van der Waals surface area contributed by atoms with E-state index in [1.54, 1.807) is 11.3 Å². The summed E-state index contributed by atoms with van der Waals surface area (Å²) < 4.78 is 5.00. The van der Waals surface area contributed by atoms with E-state index in [-0.39, 0.29) is 0 Å². The van der Waals surface area contributed by atoms with Crippen LogP contribution in [0.4, 0.5) is 0 Å². The third-order valence-corrected chi connectivity index (χ3v) is 5.14. The van der Waals surface area contributed by atoms with Gasteiger partial charge in [0.05, 0.1) is 7.57 Å². The fourth-order valence-corrected chi connectivity index (χ4v) is 4.73. The normalized spacial score (nSPS) is 15.6. The Labute approximate surface area is 118 Å². The van der Waals surface area contributed by atoms with Gasteiger partial charge in [-0.3, -0.25) is 9.67 Å². The Morgan fingerprint density at radius 3 is 2.81 bits per heavy atom. The van der Waals surface area contributed by atoms with Crippen molar-refractivity contribution < 1.29 is 0 Å². The van der Waals surface area contributed by atoms with E-state index >= 15 is 0 Å². The molecule has 1 aliphatic carbocycles. The maximum absolute atomic E-state index is 5.26. The third kappa shape index (κ3) is 1.83. The number of H-pyrrole nitrogens is 1. The summed E-state index contributed by atoms with van der Waals surface area (Å²) in [6.45, 7) is 0. The lowest BCUT2D eigenvalue weighted by atomic mass is 10.3. The molecular formula is C9H7Br2N3S2. The number of nitrogens with zero attached hydrogens (tertiary/aromatic N) is 2. The van der Waals surface area contributed by atoms with Crippen molar-refractivity contribution in [2.45, 2.75) is 18.9 Å². The molecule has 1 aliphatic rings. The molecule has 2 heterocycles. The van der Waals surface area contributed by atoms with E-state index in [0.29, 0.717) is 10.8 Å². The zero-order valence-electron chi connectivity index (χ0n) is 8.04. The second-order valence-corrected chi connectivity index (χ2v) is 7.83. The molecule has 7 heteroatoms. The van der Waals surface area contributed by atoms with Gasteiger partial charge in [0.15, 0.2) is 10.6 Å². The molecule has 0 spiro atoms. The van der Waals surface area contributed by atoms with E-state index in [2.05, 4.69) is 52.7 Å². The molecule has 1 saturated carbocycles. The van der Waals surface area contributed by atoms with Gasteiger partial charge in [0.2, 0.25) is 0 Å². The number of hydrogen-bond donors (Lipinski definition) is 1. The number of hydrogen-bond acceptors (Lipinski definition) is 3. The lowest BCUT2D eigenvalue weighted by Crippen LogP contribution is -1.96. The second kappa shape index (κ2) is 4.04. The minimum atomic E-state index is 0.534. The van der Waals surface area contributed by atoms with Crippen LogP contribution in [0.25, 0.3) is 11.4 Å². The van der Waals surface area contributed by atoms with Crippen molar-refractivity contribution in [2.24, 2.45) is 0 Å². The van der Waals surface area contributed by atoms with Gasteiger partial charge in [0, 0.05) is 11.6 Å². The van der Waals surface area contributed by atoms with Gasteiger partial charge in [-0.15, -0.1) is 11.3 Å². The van der Waals surface area contributed by atoms with Crippen LogP contribution in [0.2, 0.25) is 0 Å². The molecule has 16 heavy (non-hydrogen) atoms. The van der Waals surface area contributed by atoms with E-state index in [1.807, 2.05) is 0 Å². The van der Waals surface area contributed by atoms with Crippen LogP contribution in [0.1, 0.15) is 18.9 Å². The Hall–Kier alpha value is 0.0200. The summed E-state index contributed by atoms with van der Waals surface area (Å²) in [7, 11) is 0. The minimum Gasteiger partial charge on any atom is -0.297 e. The Morgan fingerprint density at radius 2 is 2.25 bits per heavy atom. The predicted molar refractivity (Wildman–Crippen MR) is 74.4 cm³/mol. The molecular weight excluding hydrogens is 374 g/mol. The van der Waals surface area contributed by atoms with E-state index in [9.17, 15) is 0 Å². The summed E-state index contributed by atoms with van der Waals surface area (Å²) >= 11 is 13.9. The van der Waals surface area contributed by atoms with Gasteiger partial charge in [-0.2, -0.15) is 5.10 Å². The van der Waals surface area contributed by atoms with Gasteiger partial charge in [0.25, 0.3) is 0 Å². The fourth-order valence-electron chi connectivity index (χ4n) is 1.66. The third-order valence-electron chi connectivity index (χ3n) is 2.51. The summed E-state index contributed by atoms with van der Waals surface area (Å²) in [5.41, 5.74) is 1.09. The summed E-state index contributed by atoms with van der Waals surface area (Å²) in [6, 6.07) is 2.60. The van der Waals surface area contributed by atoms with Crippen LogP contribution >= 0.6 is 55.4 Å². The highest BCUT2D eigenvalue weighted by molar-refractivity contribution is 9.12. The zero-order chi connectivity index (χ0) is 11.3. The smallest absolute Gasteiger partial charge is 0.195 e. The summed E-state index contributed by atoms with van der Waals surface area (Å²) in [4.78, 5) is 0. The molecule has 0 aromatic carbocycles. The molecule has 3 rings (SSSR count). The molecule has 1 N–H and O–H groups in total. The highest BCUT2D eigenvalue weighted by Crippen LogP contribution is 2.42. The van der Waals surface area contributed by atoms with Gasteiger partial charge in [-0.1, -0.05) is 0 Å². The van der Waals surface area contributed by atoms with Crippen molar-refractivity contribution in [2.75, 3.05) is 0 Å². The molecule has 0 amide bonds. The topological polar surface area (TPSA) is 33.6 Å². The number of aromatic amines is 1. The van der Waals surface area contributed by atoms with Crippen molar-refractivity contribution in [3.05, 3.63) is 18.4 Å². The maximum atomic E-state index is 5.26. The van der Waals surface area contributed by atoms with Crippen LogP contribution in [0.15, 0.2) is 13.6 Å². The molecule has 2 aromatic rings. The molecule has 0 bridgehead atoms. The Bertz CT molecular complexity index is 594. The predicted octanol–water partition coefficient (Wildman–Crippen LogP) is 4.53. The van der Waals surface area contributed by atoms with Crippen LogP contribution in [0, 0.1) is 4.77 Å². The maximum Gasteiger partial charge on any atom is 0.195 e. The van der Waals surface area contributed by atoms with Crippen LogP contribution < -0.4 is 0 Å². The number of halogens is 2. The van der Waals surface area contributed by atoms with Crippen LogP contribution in [-0.2, 0) is 0 Å². The first-order valence-electron chi connectivity index (χ1n) is 4.79. The SMILES string of the molecule is S=c1[nH]nc(-c2cc(Br)sc2Br)n1C1CC1. The molecule has 3 nitrogen and oxygen atoms in total. The summed E-state index contributed by atoms with van der Waals surface area (Å²) in [5, 5.41) is 7.20. The summed E-state index contributed by atoms with van der Waals surface area (Å²) in [6.07, 6.45) is 2.40. The molecule has 0 atom stereocenters. The van der Waals surface area contributed by atoms with Crippen LogP contribution in [0.5, 0.6) is 0 Å². The fraction of sp³-hybridized carbons (Fsp3) is 0.333. The number of rotatable bonds is 2. The Kier molecular flexibility index (Phi) is 2.81. The average molecular weight is 381 g/mol. The first-order valence-corrected chi connectivity index (χ1v) is 7.60. The molecule has 1 fully saturated rings. The molecule has 84 valence electrons. The number of thiophene rings is 1. The Morgan fingerprint density at radius 1 is 1.50 bits per heavy atom. The van der Waals surface area contributed by atoms with E-state index in [4.69, 9.17) is 12.2 Å². The first-order chi connectivity index (χ1) is 7.66. The number of nitrogens with one attached hydrogen (secondary N) is 1. The summed E-state index contributed by atoms with van der Waals surface area (Å²) in [5.74, 6) is 0.932. The van der Waals surface area contributed by atoms with E-state index in [0.717, 1.165) is 19.0 Å². The quantitative estimate of drug-likeness (QED) is 0.776. The monoisotopic (exact) mass is 379 g/mol. The lowest BCUT2D eigenvalue weighted by molar-refractivity contribution is 0.735. The molecule has 2 aromatic heterocycles. The first kappa shape index (κ1) is 11.1. The minimum absolute atomic E-state index is 0.534. The van der Waals surface area contributed by atoms with Crippen LogP contribution in [-0.4, -0.2) is 14.8 Å². The van der Waals surface area contributed by atoms with Crippen molar-refractivity contribution >= 4 is 55.4 Å². The molecule has 0 saturated heterocycles. The molecule has 0 aliphatic heterocycles. The van der Waals surface area contributed by atoms with Crippen molar-refractivity contribution in [3.63, 3.8) is 0 Å². The van der Waals surface area contributed by atoms with E-state index < -0.39 is 0 Å². The highest BCUT2D eigenvalue weighted by atomic mass is 79.9. The second-order valence-electron chi connectivity index (χ2n) is 3.69. The van der Waals surface area contributed by atoms with Gasteiger partial charge >= 0.3 is 0 Å². The van der Waals surface area contributed by atoms with Crippen molar-refractivity contribution in [1.82, 2.24) is 14.8 Å². The zero-order valence-corrected chi connectivity index (χ0v) is 12.8. The van der Waals surface area contributed by atoms with Crippen LogP contribution in [0.3, 0.4) is 0 Å². The van der Waals surface area contributed by atoms with Crippen molar-refractivity contribution in [1.29, 1.82) is 0 Å². The largest absolute Gasteiger partial charge is 0.297 e. The number of aromatic nitrogens is 3. The molecule has 0 radical (unpaired) electrons. The van der Waals surface area contributed by atoms with Crippen molar-refractivity contribution in [3.8, 4) is 11.4 Å². The lowest BCUT2D eigenvalue weighted by Gasteiger charge is -2.02. The highest BCUT2D eigenvalue weighted by Gasteiger charge is 2.28. The van der Waals surface area contributed by atoms with Gasteiger partial charge in [0.1, 0.15) is 0 Å². The van der Waals surface area contributed by atoms with Gasteiger partial charge in [-0.25, -0.2) is 0 Å².